The molecule has 2 rings (SSSR count). The molecule has 0 radical (unpaired) electrons. The molecule has 1 fully saturated rings. The van der Waals surface area contributed by atoms with Gasteiger partial charge in [0, 0.05) is 4.11 Å². The molecule has 3 atom stereocenters. The van der Waals surface area contributed by atoms with Crippen LogP contribution in [0.25, 0.3) is 0 Å². The summed E-state index contributed by atoms with van der Waals surface area (Å²) < 4.78 is 38.6. The zero-order chi connectivity index (χ0) is 15.6. The molecule has 0 aromatic heterocycles. The van der Waals surface area contributed by atoms with Gasteiger partial charge in [-0.3, -0.25) is 0 Å². The van der Waals surface area contributed by atoms with E-state index in [2.05, 4.69) is 6.92 Å². The number of nitrogens with zero attached hydrogens (tertiary/aromatic N) is 1. The van der Waals surface area contributed by atoms with E-state index in [0.717, 1.165) is 12.8 Å². The van der Waals surface area contributed by atoms with Gasteiger partial charge in [-0.15, -0.1) is 0 Å². The lowest BCUT2D eigenvalue weighted by Gasteiger charge is -2.28. The summed E-state index contributed by atoms with van der Waals surface area (Å²) in [6.07, 6.45) is 0.915. The molecule has 0 aliphatic heterocycles. The minimum Gasteiger partial charge on any atom is -0.206 e. The zero-order valence-corrected chi connectivity index (χ0v) is 10.6. The smallest absolute Gasteiger partial charge is 0.141 e. The van der Waals surface area contributed by atoms with Crippen LogP contribution in [0.5, 0.6) is 0 Å². The number of benzene rings is 1. The van der Waals surface area contributed by atoms with E-state index in [1.807, 2.05) is 0 Å². The van der Waals surface area contributed by atoms with Gasteiger partial charge in [-0.1, -0.05) is 25.8 Å². The van der Waals surface area contributed by atoms with Crippen molar-refractivity contribution >= 4 is 0 Å². The van der Waals surface area contributed by atoms with Crippen molar-refractivity contribution in [2.24, 2.45) is 5.92 Å². The van der Waals surface area contributed by atoms with Gasteiger partial charge in [0.2, 0.25) is 0 Å². The van der Waals surface area contributed by atoms with Crippen LogP contribution in [0.3, 0.4) is 0 Å². The number of rotatable bonds is 3. The van der Waals surface area contributed by atoms with Crippen LogP contribution in [0.15, 0.2) is 18.2 Å². The molecule has 0 bridgehead atoms. The molecule has 1 unspecified atom stereocenters. The fraction of sp³-hybridized carbons (Fsp3) is 0.562. The highest BCUT2D eigenvalue weighted by Gasteiger charge is 2.22. The van der Waals surface area contributed by atoms with E-state index in [1.165, 1.54) is 12.1 Å². The summed E-state index contributed by atoms with van der Waals surface area (Å²) >= 11 is 0. The summed E-state index contributed by atoms with van der Waals surface area (Å²) in [6, 6.07) is 5.96. The molecule has 0 N–H and O–H groups in total. The first-order valence-electron chi connectivity index (χ1n) is 8.08. The Bertz CT molecular complexity index is 553. The van der Waals surface area contributed by atoms with Crippen LogP contribution in [0.4, 0.5) is 4.39 Å². The third-order valence-corrected chi connectivity index (χ3v) is 3.50. The van der Waals surface area contributed by atoms with Crippen LogP contribution in [0, 0.1) is 23.1 Å². The highest BCUT2D eigenvalue weighted by Crippen LogP contribution is 2.37. The summed E-state index contributed by atoms with van der Waals surface area (Å²) in [6.45, 7) is 2.07. The van der Waals surface area contributed by atoms with Crippen molar-refractivity contribution in [2.45, 2.75) is 51.3 Å². The standard InChI is InChI=1S/C16H20FN/c1-2-3-12-4-6-13(7-5-12)14-8-9-15(11-18)16(17)10-14/h8-10,12-13H,2-7H2,1H3/t12-,13-/i6D,7D2/t6?,12-,13-/m0/s1. The Balaban J connectivity index is 2.30. The van der Waals surface area contributed by atoms with Crippen molar-refractivity contribution in [1.82, 2.24) is 0 Å². The molecule has 1 nitrogen and oxygen atoms in total. The predicted molar refractivity (Wildman–Crippen MR) is 70.7 cm³/mol. The molecule has 1 aromatic carbocycles. The van der Waals surface area contributed by atoms with Crippen LogP contribution in [-0.2, 0) is 0 Å². The zero-order valence-electron chi connectivity index (χ0n) is 13.6. The predicted octanol–water partition coefficient (Wildman–Crippen LogP) is 4.77. The van der Waals surface area contributed by atoms with Crippen LogP contribution < -0.4 is 0 Å². The van der Waals surface area contributed by atoms with E-state index in [0.29, 0.717) is 18.4 Å². The van der Waals surface area contributed by atoms with Crippen LogP contribution in [0.1, 0.15) is 66.5 Å². The number of hydrogen-bond donors (Lipinski definition) is 0. The number of halogens is 1. The first kappa shape index (κ1) is 9.55. The molecule has 1 saturated carbocycles. The number of nitriles is 1. The Kier molecular flexibility index (Phi) is 3.18. The molecule has 0 amide bonds. The van der Waals surface area contributed by atoms with Gasteiger partial charge in [0.1, 0.15) is 11.9 Å². The summed E-state index contributed by atoms with van der Waals surface area (Å²) in [5.74, 6) is -1.03. The number of hydrogen-bond acceptors (Lipinski definition) is 1. The van der Waals surface area contributed by atoms with Gasteiger partial charge in [-0.05, 0) is 55.1 Å². The highest BCUT2D eigenvalue weighted by molar-refractivity contribution is 5.34. The van der Waals surface area contributed by atoms with Gasteiger partial charge in [-0.2, -0.15) is 5.26 Å². The lowest BCUT2D eigenvalue weighted by molar-refractivity contribution is 0.308. The topological polar surface area (TPSA) is 23.8 Å². The van der Waals surface area contributed by atoms with Crippen molar-refractivity contribution in [1.29, 1.82) is 5.26 Å². The quantitative estimate of drug-likeness (QED) is 0.755. The fourth-order valence-electron chi connectivity index (χ4n) is 2.49. The van der Waals surface area contributed by atoms with Gasteiger partial charge in [0.15, 0.2) is 0 Å². The van der Waals surface area contributed by atoms with Gasteiger partial charge >= 0.3 is 0 Å². The second-order valence-corrected chi connectivity index (χ2v) is 4.86. The molecule has 1 aromatic rings. The van der Waals surface area contributed by atoms with E-state index in [4.69, 9.17) is 9.37 Å². The second-order valence-electron chi connectivity index (χ2n) is 4.86. The SMILES string of the molecule is [2H]C1C[C@H](CCC)CC([2H])([2H])[C@H]1c1ccc(C#N)c(F)c1. The summed E-state index contributed by atoms with van der Waals surface area (Å²) in [4.78, 5) is 0. The van der Waals surface area contributed by atoms with Crippen LogP contribution in [-0.4, -0.2) is 0 Å². The molecule has 0 spiro atoms. The Labute approximate surface area is 113 Å². The molecule has 1 aliphatic carbocycles. The lowest BCUT2D eigenvalue weighted by Crippen LogP contribution is -2.13. The molecule has 2 heteroatoms. The van der Waals surface area contributed by atoms with E-state index in [9.17, 15) is 4.39 Å². The minimum atomic E-state index is -1.51. The monoisotopic (exact) mass is 248 g/mol. The van der Waals surface area contributed by atoms with E-state index < -0.39 is 24.5 Å². The fourth-order valence-corrected chi connectivity index (χ4v) is 2.49. The van der Waals surface area contributed by atoms with Gasteiger partial charge in [0.25, 0.3) is 0 Å². The molecular weight excluding hydrogens is 225 g/mol. The largest absolute Gasteiger partial charge is 0.206 e. The maximum absolute atomic E-state index is 13.8. The molecule has 1 aliphatic rings. The van der Waals surface area contributed by atoms with Gasteiger partial charge < -0.3 is 0 Å². The molecule has 18 heavy (non-hydrogen) atoms. The average molecular weight is 248 g/mol. The Morgan fingerprint density at radius 3 is 2.94 bits per heavy atom. The van der Waals surface area contributed by atoms with Crippen molar-refractivity contribution in [3.63, 3.8) is 0 Å². The van der Waals surface area contributed by atoms with E-state index in [-0.39, 0.29) is 11.5 Å². The Hall–Kier alpha value is -1.36. The van der Waals surface area contributed by atoms with Gasteiger partial charge in [-0.25, -0.2) is 4.39 Å². The molecular formula is C16H20FN. The molecule has 96 valence electrons. The van der Waals surface area contributed by atoms with Crippen molar-refractivity contribution in [2.75, 3.05) is 0 Å². The van der Waals surface area contributed by atoms with Crippen molar-refractivity contribution < 1.29 is 8.50 Å². The van der Waals surface area contributed by atoms with Crippen molar-refractivity contribution in [3.05, 3.63) is 35.1 Å². The van der Waals surface area contributed by atoms with Gasteiger partial charge in [0.05, 0.1) is 5.56 Å². The third-order valence-electron chi connectivity index (χ3n) is 3.50. The normalized spacial score (nSPS) is 32.9. The second kappa shape index (κ2) is 6.00. The summed E-state index contributed by atoms with van der Waals surface area (Å²) in [5, 5.41) is 8.77. The maximum Gasteiger partial charge on any atom is 0.141 e. The van der Waals surface area contributed by atoms with E-state index >= 15 is 0 Å². The molecule has 0 heterocycles. The van der Waals surface area contributed by atoms with E-state index in [1.54, 1.807) is 12.1 Å². The summed E-state index contributed by atoms with van der Waals surface area (Å²) in [7, 11) is 0. The third kappa shape index (κ3) is 2.90. The lowest BCUT2D eigenvalue weighted by atomic mass is 9.77. The maximum atomic E-state index is 13.8. The molecule has 0 saturated heterocycles. The van der Waals surface area contributed by atoms with Crippen molar-refractivity contribution in [3.8, 4) is 6.07 Å². The highest BCUT2D eigenvalue weighted by atomic mass is 19.1. The van der Waals surface area contributed by atoms with Crippen LogP contribution in [0.2, 0.25) is 0 Å². The summed E-state index contributed by atoms with van der Waals surface area (Å²) in [5.41, 5.74) is 0.451. The Morgan fingerprint density at radius 2 is 2.33 bits per heavy atom. The minimum absolute atomic E-state index is 0.0412. The first-order valence-corrected chi connectivity index (χ1v) is 6.50. The average Bonchev–Trinajstić information content (AvgIpc) is 2.37. The Morgan fingerprint density at radius 1 is 1.50 bits per heavy atom. The van der Waals surface area contributed by atoms with Crippen LogP contribution >= 0.6 is 0 Å². The first-order chi connectivity index (χ1) is 9.89.